The van der Waals surface area contributed by atoms with Gasteiger partial charge in [0.1, 0.15) is 18.2 Å². The number of rotatable bonds is 9. The molecule has 5 rings (SSSR count). The van der Waals surface area contributed by atoms with Crippen molar-refractivity contribution >= 4 is 16.9 Å². The molecule has 0 bridgehead atoms. The summed E-state index contributed by atoms with van der Waals surface area (Å²) in [6.07, 6.45) is 7.98. The van der Waals surface area contributed by atoms with Crippen LogP contribution in [0.25, 0.3) is 28.3 Å². The van der Waals surface area contributed by atoms with Crippen LogP contribution < -0.4 is 10.3 Å². The number of methoxy groups -OCH3 is 1. The summed E-state index contributed by atoms with van der Waals surface area (Å²) in [7, 11) is 1.65. The summed E-state index contributed by atoms with van der Waals surface area (Å²) in [4.78, 5) is 25.3. The molecule has 0 unspecified atom stereocenters. The lowest BCUT2D eigenvalue weighted by Crippen LogP contribution is -2.23. The van der Waals surface area contributed by atoms with E-state index >= 15 is 0 Å². The Bertz CT molecular complexity index is 1460. The first kappa shape index (κ1) is 21.0. The first-order valence-electron chi connectivity index (χ1n) is 10.9. The van der Waals surface area contributed by atoms with Crippen LogP contribution >= 0.6 is 0 Å². The van der Waals surface area contributed by atoms with Crippen molar-refractivity contribution in [1.29, 1.82) is 0 Å². The van der Waals surface area contributed by atoms with Gasteiger partial charge in [-0.05, 0) is 24.1 Å². The second-order valence-electron chi connectivity index (χ2n) is 7.75. The quantitative estimate of drug-likeness (QED) is 0.349. The Morgan fingerprint density at radius 1 is 1.21 bits per heavy atom. The first-order chi connectivity index (χ1) is 16.2. The number of hydrogen-bond acceptors (Lipinski definition) is 6. The molecule has 0 aliphatic carbocycles. The fourth-order valence-electron chi connectivity index (χ4n) is 3.87. The largest absolute Gasteiger partial charge is 0.491 e. The summed E-state index contributed by atoms with van der Waals surface area (Å²) in [6, 6.07) is 7.89. The van der Waals surface area contributed by atoms with E-state index in [1.54, 1.807) is 24.1 Å². The molecule has 0 aliphatic heterocycles. The van der Waals surface area contributed by atoms with Crippen molar-refractivity contribution in [2.45, 2.75) is 26.4 Å². The number of ether oxygens (including phenoxy) is 2. The van der Waals surface area contributed by atoms with E-state index in [1.807, 2.05) is 52.7 Å². The number of H-pyrrole nitrogens is 1. The fraction of sp³-hybridized carbons (Fsp3) is 0.304. The normalized spacial score (nSPS) is 11.6. The van der Waals surface area contributed by atoms with E-state index in [4.69, 9.17) is 14.5 Å². The molecule has 170 valence electrons. The SMILES string of the molecule is CCCn1c(=O)c2[nH]c(-c3cnn(Cc4cccc(OCCOC)c4)c3)nc2n2ccnc12. The van der Waals surface area contributed by atoms with E-state index in [9.17, 15) is 4.79 Å². The zero-order valence-electron chi connectivity index (χ0n) is 18.6. The zero-order valence-corrected chi connectivity index (χ0v) is 18.6. The summed E-state index contributed by atoms with van der Waals surface area (Å²) >= 11 is 0. The maximum Gasteiger partial charge on any atom is 0.280 e. The highest BCUT2D eigenvalue weighted by Gasteiger charge is 2.17. The number of aromatic nitrogens is 7. The summed E-state index contributed by atoms with van der Waals surface area (Å²) in [5.41, 5.74) is 2.75. The van der Waals surface area contributed by atoms with Crippen LogP contribution in [-0.2, 0) is 17.8 Å². The third-order valence-corrected chi connectivity index (χ3v) is 5.39. The van der Waals surface area contributed by atoms with Crippen LogP contribution in [0.4, 0.5) is 0 Å². The van der Waals surface area contributed by atoms with E-state index in [-0.39, 0.29) is 5.56 Å². The second-order valence-corrected chi connectivity index (χ2v) is 7.75. The monoisotopic (exact) mass is 447 g/mol. The predicted octanol–water partition coefficient (Wildman–Crippen LogP) is 2.72. The number of aryl methyl sites for hydroxylation is 1. The van der Waals surface area contributed by atoms with Gasteiger partial charge in [0.2, 0.25) is 5.78 Å². The third-order valence-electron chi connectivity index (χ3n) is 5.39. The highest BCUT2D eigenvalue weighted by molar-refractivity contribution is 5.77. The molecule has 1 aromatic carbocycles. The Kier molecular flexibility index (Phi) is 5.66. The van der Waals surface area contributed by atoms with Crippen LogP contribution in [0.5, 0.6) is 5.75 Å². The Balaban J connectivity index is 1.43. The lowest BCUT2D eigenvalue weighted by Gasteiger charge is -2.07. The number of benzene rings is 1. The molecule has 0 saturated heterocycles. The number of fused-ring (bicyclic) bond motifs is 3. The molecule has 0 aliphatic rings. The van der Waals surface area contributed by atoms with Crippen LogP contribution in [0.1, 0.15) is 18.9 Å². The molecule has 5 aromatic rings. The molecule has 0 spiro atoms. The molecule has 0 amide bonds. The molecule has 0 fully saturated rings. The van der Waals surface area contributed by atoms with Gasteiger partial charge < -0.3 is 14.5 Å². The summed E-state index contributed by atoms with van der Waals surface area (Å²) in [5, 5.41) is 4.48. The fourth-order valence-corrected chi connectivity index (χ4v) is 3.87. The van der Waals surface area contributed by atoms with E-state index in [0.29, 0.717) is 49.1 Å². The van der Waals surface area contributed by atoms with Crippen LogP contribution in [0, 0.1) is 0 Å². The predicted molar refractivity (Wildman–Crippen MR) is 124 cm³/mol. The number of nitrogens with one attached hydrogen (secondary N) is 1. The van der Waals surface area contributed by atoms with Gasteiger partial charge in [-0.1, -0.05) is 19.1 Å². The number of nitrogens with zero attached hydrogens (tertiary/aromatic N) is 6. The van der Waals surface area contributed by atoms with Crippen molar-refractivity contribution in [3.8, 4) is 17.1 Å². The molecule has 10 heteroatoms. The van der Waals surface area contributed by atoms with Crippen LogP contribution in [0.3, 0.4) is 0 Å². The van der Waals surface area contributed by atoms with Gasteiger partial charge in [0.15, 0.2) is 11.2 Å². The third kappa shape index (κ3) is 4.00. The topological polar surface area (TPSA) is 104 Å². The molecular weight excluding hydrogens is 422 g/mol. The molecule has 0 atom stereocenters. The minimum absolute atomic E-state index is 0.123. The Labute approximate surface area is 189 Å². The molecule has 4 heterocycles. The number of aromatic amines is 1. The van der Waals surface area contributed by atoms with Crippen molar-refractivity contribution in [3.63, 3.8) is 0 Å². The Morgan fingerprint density at radius 2 is 2.12 bits per heavy atom. The van der Waals surface area contributed by atoms with Gasteiger partial charge in [-0.3, -0.25) is 18.4 Å². The lowest BCUT2D eigenvalue weighted by atomic mass is 10.2. The zero-order chi connectivity index (χ0) is 22.8. The van der Waals surface area contributed by atoms with Gasteiger partial charge in [0.25, 0.3) is 5.56 Å². The molecule has 0 saturated carbocycles. The number of imidazole rings is 2. The van der Waals surface area contributed by atoms with Crippen molar-refractivity contribution in [2.75, 3.05) is 20.3 Å². The van der Waals surface area contributed by atoms with Gasteiger partial charge in [-0.15, -0.1) is 0 Å². The molecule has 0 radical (unpaired) electrons. The highest BCUT2D eigenvalue weighted by atomic mass is 16.5. The molecule has 4 aromatic heterocycles. The first-order valence-corrected chi connectivity index (χ1v) is 10.9. The van der Waals surface area contributed by atoms with E-state index in [0.717, 1.165) is 23.3 Å². The van der Waals surface area contributed by atoms with Gasteiger partial charge in [-0.2, -0.15) is 5.10 Å². The standard InChI is InChI=1S/C23H25N7O3/c1-3-8-30-22(31)19-21(29-9-7-24-23(29)30)27-20(26-19)17-13-25-28(15-17)14-16-5-4-6-18(12-16)33-11-10-32-2/h4-7,9,12-13,15H,3,8,10-11,14H2,1-2H3,(H,26,27). The van der Waals surface area contributed by atoms with E-state index in [1.165, 1.54) is 0 Å². The summed E-state index contributed by atoms with van der Waals surface area (Å²) in [6.45, 7) is 4.25. The van der Waals surface area contributed by atoms with Gasteiger partial charge in [-0.25, -0.2) is 9.97 Å². The average Bonchev–Trinajstić information content (AvgIpc) is 3.56. The van der Waals surface area contributed by atoms with Crippen molar-refractivity contribution < 1.29 is 9.47 Å². The van der Waals surface area contributed by atoms with Crippen LogP contribution in [0.2, 0.25) is 0 Å². The highest BCUT2D eigenvalue weighted by Crippen LogP contribution is 2.20. The molecule has 33 heavy (non-hydrogen) atoms. The van der Waals surface area contributed by atoms with Crippen molar-refractivity contribution in [3.05, 3.63) is 65.0 Å². The minimum Gasteiger partial charge on any atom is -0.491 e. The maximum atomic E-state index is 13.0. The Morgan fingerprint density at radius 3 is 2.97 bits per heavy atom. The molecule has 10 nitrogen and oxygen atoms in total. The Hall–Kier alpha value is -3.92. The second kappa shape index (κ2) is 8.91. The van der Waals surface area contributed by atoms with Crippen LogP contribution in [-0.4, -0.2) is 54.0 Å². The summed E-state index contributed by atoms with van der Waals surface area (Å²) < 4.78 is 16.1. The van der Waals surface area contributed by atoms with Crippen molar-refractivity contribution in [2.24, 2.45) is 0 Å². The smallest absolute Gasteiger partial charge is 0.280 e. The number of hydrogen-bond donors (Lipinski definition) is 1. The molecule has 1 N–H and O–H groups in total. The van der Waals surface area contributed by atoms with Gasteiger partial charge >= 0.3 is 0 Å². The average molecular weight is 447 g/mol. The lowest BCUT2D eigenvalue weighted by molar-refractivity contribution is 0.146. The van der Waals surface area contributed by atoms with Crippen molar-refractivity contribution in [1.82, 2.24) is 33.7 Å². The van der Waals surface area contributed by atoms with Gasteiger partial charge in [0, 0.05) is 32.2 Å². The van der Waals surface area contributed by atoms with E-state index in [2.05, 4.69) is 15.1 Å². The minimum atomic E-state index is -0.123. The summed E-state index contributed by atoms with van der Waals surface area (Å²) in [5.74, 6) is 1.98. The van der Waals surface area contributed by atoms with E-state index < -0.39 is 0 Å². The molecular formula is C23H25N7O3. The van der Waals surface area contributed by atoms with Gasteiger partial charge in [0.05, 0.1) is 24.9 Å². The maximum absolute atomic E-state index is 13.0. The van der Waals surface area contributed by atoms with Crippen LogP contribution in [0.15, 0.2) is 53.8 Å².